The predicted octanol–water partition coefficient (Wildman–Crippen LogP) is 1.63. The Bertz CT molecular complexity index is 745. The summed E-state index contributed by atoms with van der Waals surface area (Å²) in [6.07, 6.45) is -2.08. The molecule has 6 heteroatoms. The molecule has 6 nitrogen and oxygen atoms in total. The molecule has 1 saturated heterocycles. The zero-order chi connectivity index (χ0) is 18.7. The predicted molar refractivity (Wildman–Crippen MR) is 88.3 cm³/mol. The van der Waals surface area contributed by atoms with E-state index in [1.165, 1.54) is 0 Å². The second-order valence-corrected chi connectivity index (χ2v) is 7.40. The SMILES string of the molecule is C=C(C)C(=O)O[C@H]1C[C@]2(C)C(=C(C)C(=O)C[C@H]2O)[C@H]2OC(=O)C(=C)[C@H]12. The third-order valence-electron chi connectivity index (χ3n) is 5.69. The summed E-state index contributed by atoms with van der Waals surface area (Å²) in [7, 11) is 0. The molecule has 5 atom stereocenters. The van der Waals surface area contributed by atoms with Crippen molar-refractivity contribution in [3.8, 4) is 0 Å². The largest absolute Gasteiger partial charge is 0.458 e. The molecular formula is C19H22O6. The zero-order valence-corrected chi connectivity index (χ0v) is 14.6. The second-order valence-electron chi connectivity index (χ2n) is 7.40. The lowest BCUT2D eigenvalue weighted by Gasteiger charge is -2.50. The Morgan fingerprint density at radius 2 is 2.04 bits per heavy atom. The first-order valence-electron chi connectivity index (χ1n) is 8.26. The Labute approximate surface area is 146 Å². The first-order valence-corrected chi connectivity index (χ1v) is 8.26. The molecule has 2 aliphatic carbocycles. The summed E-state index contributed by atoms with van der Waals surface area (Å²) in [6.45, 7) is 12.4. The highest BCUT2D eigenvalue weighted by Gasteiger charge is 2.60. The van der Waals surface area contributed by atoms with Crippen LogP contribution in [0.1, 0.15) is 33.6 Å². The third-order valence-corrected chi connectivity index (χ3v) is 5.69. The maximum absolute atomic E-state index is 12.2. The van der Waals surface area contributed by atoms with Crippen LogP contribution >= 0.6 is 0 Å². The zero-order valence-electron chi connectivity index (χ0n) is 14.6. The Hall–Kier alpha value is -2.21. The molecule has 1 N–H and O–H groups in total. The number of aliphatic hydroxyl groups is 1. The van der Waals surface area contributed by atoms with Crippen LogP contribution < -0.4 is 0 Å². The van der Waals surface area contributed by atoms with Crippen LogP contribution in [0.3, 0.4) is 0 Å². The standard InChI is InChI=1S/C19H22O6/c1-8(2)17(22)24-12-7-19(5)13(21)6-11(20)9(3)15(19)16-14(12)10(4)18(23)25-16/h12-14,16,21H,1,4,6-7H2,2-3,5H3/t12-,13+,14+,16-,19-/m0/s1. The average molecular weight is 346 g/mol. The second kappa shape index (κ2) is 5.66. The van der Waals surface area contributed by atoms with E-state index in [9.17, 15) is 19.5 Å². The number of hydrogen-bond acceptors (Lipinski definition) is 6. The van der Waals surface area contributed by atoms with Crippen LogP contribution in [-0.2, 0) is 23.9 Å². The summed E-state index contributed by atoms with van der Waals surface area (Å²) < 4.78 is 11.0. The highest BCUT2D eigenvalue weighted by Crippen LogP contribution is 2.55. The molecule has 0 aromatic heterocycles. The third kappa shape index (κ3) is 2.47. The Morgan fingerprint density at radius 3 is 2.64 bits per heavy atom. The molecule has 3 aliphatic rings. The van der Waals surface area contributed by atoms with Gasteiger partial charge in [0.2, 0.25) is 0 Å². The molecular weight excluding hydrogens is 324 g/mol. The molecule has 0 unspecified atom stereocenters. The van der Waals surface area contributed by atoms with Gasteiger partial charge in [-0.25, -0.2) is 9.59 Å². The van der Waals surface area contributed by atoms with Crippen LogP contribution in [0.2, 0.25) is 0 Å². The number of aliphatic hydroxyl groups excluding tert-OH is 1. The van der Waals surface area contributed by atoms with Gasteiger partial charge in [-0.05, 0) is 31.4 Å². The van der Waals surface area contributed by atoms with E-state index in [1.54, 1.807) is 13.8 Å². The van der Waals surface area contributed by atoms with E-state index in [0.717, 1.165) is 0 Å². The van der Waals surface area contributed by atoms with Gasteiger partial charge in [0.15, 0.2) is 5.78 Å². The molecule has 1 saturated carbocycles. The van der Waals surface area contributed by atoms with Crippen molar-refractivity contribution >= 4 is 17.7 Å². The van der Waals surface area contributed by atoms with Crippen LogP contribution in [-0.4, -0.2) is 41.1 Å². The fraction of sp³-hybridized carbons (Fsp3) is 0.526. The van der Waals surface area contributed by atoms with Gasteiger partial charge in [-0.15, -0.1) is 0 Å². The summed E-state index contributed by atoms with van der Waals surface area (Å²) in [4.78, 5) is 36.4. The molecule has 2 fully saturated rings. The number of allylic oxidation sites excluding steroid dienone is 1. The van der Waals surface area contributed by atoms with E-state index >= 15 is 0 Å². The molecule has 25 heavy (non-hydrogen) atoms. The normalized spacial score (nSPS) is 37.4. The van der Waals surface area contributed by atoms with Crippen molar-refractivity contribution in [2.75, 3.05) is 0 Å². The van der Waals surface area contributed by atoms with Crippen LogP contribution in [0.5, 0.6) is 0 Å². The van der Waals surface area contributed by atoms with Crippen LogP contribution in [0.25, 0.3) is 0 Å². The average Bonchev–Trinajstić information content (AvgIpc) is 2.80. The molecule has 1 aliphatic heterocycles. The van der Waals surface area contributed by atoms with Gasteiger partial charge < -0.3 is 14.6 Å². The van der Waals surface area contributed by atoms with Crippen molar-refractivity contribution < 1.29 is 29.0 Å². The number of esters is 2. The van der Waals surface area contributed by atoms with Gasteiger partial charge in [0.25, 0.3) is 0 Å². The number of carbonyl (C=O) groups excluding carboxylic acids is 3. The van der Waals surface area contributed by atoms with Crippen LogP contribution in [0, 0.1) is 11.3 Å². The van der Waals surface area contributed by atoms with Gasteiger partial charge in [0, 0.05) is 23.0 Å². The summed E-state index contributed by atoms with van der Waals surface area (Å²) in [6, 6.07) is 0. The van der Waals surface area contributed by atoms with Gasteiger partial charge in [0.05, 0.1) is 12.0 Å². The molecule has 3 rings (SSSR count). The summed E-state index contributed by atoms with van der Waals surface area (Å²) in [5, 5.41) is 10.6. The van der Waals surface area contributed by atoms with Crippen molar-refractivity contribution in [3.05, 3.63) is 35.5 Å². The maximum Gasteiger partial charge on any atom is 0.334 e. The number of carbonyl (C=O) groups is 3. The van der Waals surface area contributed by atoms with Crippen molar-refractivity contribution in [2.24, 2.45) is 11.3 Å². The number of rotatable bonds is 2. The number of ether oxygens (including phenoxy) is 2. The monoisotopic (exact) mass is 346 g/mol. The van der Waals surface area contributed by atoms with Gasteiger partial charge in [-0.3, -0.25) is 4.79 Å². The minimum absolute atomic E-state index is 0.000729. The van der Waals surface area contributed by atoms with Gasteiger partial charge in [-0.2, -0.15) is 0 Å². The number of ketones is 1. The quantitative estimate of drug-likeness (QED) is 0.604. The molecule has 0 spiro atoms. The minimum Gasteiger partial charge on any atom is -0.458 e. The molecule has 0 aromatic rings. The van der Waals surface area contributed by atoms with Crippen molar-refractivity contribution in [1.29, 1.82) is 0 Å². The fourth-order valence-electron chi connectivity index (χ4n) is 4.24. The molecule has 134 valence electrons. The first kappa shape index (κ1) is 17.6. The van der Waals surface area contributed by atoms with E-state index in [0.29, 0.717) is 11.1 Å². The summed E-state index contributed by atoms with van der Waals surface area (Å²) >= 11 is 0. The van der Waals surface area contributed by atoms with Crippen LogP contribution in [0.4, 0.5) is 0 Å². The smallest absolute Gasteiger partial charge is 0.334 e. The first-order chi connectivity index (χ1) is 11.6. The maximum atomic E-state index is 12.2. The van der Waals surface area contributed by atoms with Gasteiger partial charge in [0.1, 0.15) is 12.2 Å². The minimum atomic E-state index is -0.932. The summed E-state index contributed by atoms with van der Waals surface area (Å²) in [5.74, 6) is -1.86. The van der Waals surface area contributed by atoms with Gasteiger partial charge in [-0.1, -0.05) is 20.1 Å². The number of fused-ring (bicyclic) bond motifs is 3. The van der Waals surface area contributed by atoms with E-state index < -0.39 is 41.6 Å². The molecule has 0 radical (unpaired) electrons. The highest BCUT2D eigenvalue weighted by molar-refractivity contribution is 5.99. The highest BCUT2D eigenvalue weighted by atomic mass is 16.6. The number of hydrogen-bond donors (Lipinski definition) is 1. The fourth-order valence-corrected chi connectivity index (χ4v) is 4.24. The van der Waals surface area contributed by atoms with E-state index in [2.05, 4.69) is 13.2 Å². The summed E-state index contributed by atoms with van der Waals surface area (Å²) in [5.41, 5.74) is 0.782. The molecule has 0 aromatic carbocycles. The van der Waals surface area contributed by atoms with Gasteiger partial charge >= 0.3 is 11.9 Å². The molecule has 0 bridgehead atoms. The molecule has 1 heterocycles. The van der Waals surface area contributed by atoms with Crippen molar-refractivity contribution in [2.45, 2.75) is 51.9 Å². The van der Waals surface area contributed by atoms with Crippen molar-refractivity contribution in [1.82, 2.24) is 0 Å². The van der Waals surface area contributed by atoms with E-state index in [-0.39, 0.29) is 29.8 Å². The van der Waals surface area contributed by atoms with E-state index in [1.807, 2.05) is 6.92 Å². The Morgan fingerprint density at radius 1 is 1.40 bits per heavy atom. The Kier molecular flexibility index (Phi) is 3.99. The number of Topliss-reactive ketones (excluding diaryl/α,β-unsaturated/α-hetero) is 1. The Balaban J connectivity index is 2.10. The van der Waals surface area contributed by atoms with Crippen molar-refractivity contribution in [3.63, 3.8) is 0 Å². The van der Waals surface area contributed by atoms with Crippen LogP contribution in [0.15, 0.2) is 35.5 Å². The lowest BCUT2D eigenvalue weighted by atomic mass is 9.57. The molecule has 0 amide bonds. The lowest BCUT2D eigenvalue weighted by Crippen LogP contribution is -2.54. The lowest BCUT2D eigenvalue weighted by molar-refractivity contribution is -0.156. The van der Waals surface area contributed by atoms with E-state index in [4.69, 9.17) is 9.47 Å². The topological polar surface area (TPSA) is 89.9 Å².